The Labute approximate surface area is 226 Å². The van der Waals surface area contributed by atoms with E-state index in [1.807, 2.05) is 38.1 Å². The van der Waals surface area contributed by atoms with E-state index in [4.69, 9.17) is 14.5 Å². The maximum atomic E-state index is 13.2. The van der Waals surface area contributed by atoms with Gasteiger partial charge in [-0.1, -0.05) is 72.4 Å². The first kappa shape index (κ1) is 24.3. The molecule has 190 valence electrons. The molecule has 6 heteroatoms. The van der Waals surface area contributed by atoms with Crippen molar-refractivity contribution in [3.8, 4) is 5.75 Å². The van der Waals surface area contributed by atoms with Crippen molar-refractivity contribution < 1.29 is 14.3 Å². The van der Waals surface area contributed by atoms with E-state index in [1.165, 1.54) is 32.0 Å². The standard InChI is InChI=1S/C32H28N2O3S/c1-4-37-31(35)29-20(2)33-32-34(30(29)23-12-9-13-24(17-23)36-3)19-25(38-32)18-28-26-14-7-5-10-21(26)16-22-11-6-8-15-27(22)28/h5-18,30H,4,19H2,1-3H3. The van der Waals surface area contributed by atoms with Crippen LogP contribution in [-0.2, 0) is 9.53 Å². The van der Waals surface area contributed by atoms with Crippen LogP contribution in [0.5, 0.6) is 5.75 Å². The zero-order valence-electron chi connectivity index (χ0n) is 21.6. The highest BCUT2D eigenvalue weighted by Gasteiger charge is 2.40. The average Bonchev–Trinajstić information content (AvgIpc) is 3.34. The summed E-state index contributed by atoms with van der Waals surface area (Å²) in [5, 5.41) is 5.76. The lowest BCUT2D eigenvalue weighted by molar-refractivity contribution is -0.139. The Morgan fingerprint density at radius 3 is 2.42 bits per heavy atom. The summed E-state index contributed by atoms with van der Waals surface area (Å²) < 4.78 is 11.0. The second kappa shape index (κ2) is 10.0. The van der Waals surface area contributed by atoms with Crippen molar-refractivity contribution in [1.82, 2.24) is 4.90 Å². The van der Waals surface area contributed by atoms with Gasteiger partial charge in [0.2, 0.25) is 0 Å². The Balaban J connectivity index is 1.47. The van der Waals surface area contributed by atoms with Gasteiger partial charge in [0, 0.05) is 4.91 Å². The van der Waals surface area contributed by atoms with Gasteiger partial charge in [-0.2, -0.15) is 0 Å². The Hall–Kier alpha value is -4.03. The van der Waals surface area contributed by atoms with Crippen molar-refractivity contribution in [1.29, 1.82) is 0 Å². The highest BCUT2D eigenvalue weighted by atomic mass is 32.2. The van der Waals surface area contributed by atoms with Gasteiger partial charge in [-0.15, -0.1) is 0 Å². The molecule has 0 saturated carbocycles. The van der Waals surface area contributed by atoms with Gasteiger partial charge in [-0.3, -0.25) is 0 Å². The molecule has 5 nitrogen and oxygen atoms in total. The molecular formula is C32H28N2O3S. The number of benzene rings is 4. The minimum atomic E-state index is -0.330. The minimum Gasteiger partial charge on any atom is -0.497 e. The third kappa shape index (κ3) is 4.25. The first-order valence-electron chi connectivity index (χ1n) is 12.7. The van der Waals surface area contributed by atoms with Gasteiger partial charge in [-0.05, 0) is 70.8 Å². The number of methoxy groups -OCH3 is 1. The maximum Gasteiger partial charge on any atom is 0.338 e. The normalized spacial score (nSPS) is 18.2. The molecule has 38 heavy (non-hydrogen) atoms. The third-order valence-electron chi connectivity index (χ3n) is 7.06. The fourth-order valence-electron chi connectivity index (χ4n) is 5.36. The quantitative estimate of drug-likeness (QED) is 0.204. The maximum absolute atomic E-state index is 13.2. The second-order valence-corrected chi connectivity index (χ2v) is 10.5. The van der Waals surface area contributed by atoms with Gasteiger partial charge in [0.05, 0.1) is 37.6 Å². The summed E-state index contributed by atoms with van der Waals surface area (Å²) in [6.07, 6.45) is 2.29. The number of hydrogen-bond donors (Lipinski definition) is 0. The van der Waals surface area contributed by atoms with Crippen molar-refractivity contribution in [2.75, 3.05) is 20.3 Å². The van der Waals surface area contributed by atoms with E-state index >= 15 is 0 Å². The highest BCUT2D eigenvalue weighted by molar-refractivity contribution is 8.17. The Bertz CT molecular complexity index is 1620. The predicted octanol–water partition coefficient (Wildman–Crippen LogP) is 7.34. The average molecular weight is 521 g/mol. The van der Waals surface area contributed by atoms with E-state index in [2.05, 4.69) is 65.6 Å². The molecule has 4 aromatic carbocycles. The molecule has 1 atom stereocenters. The van der Waals surface area contributed by atoms with Crippen molar-refractivity contribution in [3.63, 3.8) is 0 Å². The summed E-state index contributed by atoms with van der Waals surface area (Å²) in [7, 11) is 1.65. The number of carbonyl (C=O) groups excluding carboxylic acids is 1. The largest absolute Gasteiger partial charge is 0.497 e. The summed E-state index contributed by atoms with van der Waals surface area (Å²) in [6.45, 7) is 4.67. The molecule has 0 bridgehead atoms. The topological polar surface area (TPSA) is 51.1 Å². The molecule has 1 unspecified atom stereocenters. The van der Waals surface area contributed by atoms with Crippen LogP contribution in [-0.4, -0.2) is 36.3 Å². The number of thioether (sulfide) groups is 1. The zero-order chi connectivity index (χ0) is 26.2. The number of fused-ring (bicyclic) bond motifs is 3. The summed E-state index contributed by atoms with van der Waals surface area (Å²) in [6, 6.07) is 26.9. The van der Waals surface area contributed by atoms with E-state index in [0.29, 0.717) is 24.4 Å². The molecule has 1 fully saturated rings. The van der Waals surface area contributed by atoms with Gasteiger partial charge in [0.15, 0.2) is 5.17 Å². The molecule has 0 N–H and O–H groups in total. The summed E-state index contributed by atoms with van der Waals surface area (Å²) in [5.74, 6) is 0.417. The van der Waals surface area contributed by atoms with E-state index in [-0.39, 0.29) is 12.0 Å². The number of ether oxygens (including phenoxy) is 2. The lowest BCUT2D eigenvalue weighted by Gasteiger charge is -2.34. The molecule has 2 aliphatic heterocycles. The highest BCUT2D eigenvalue weighted by Crippen LogP contribution is 2.45. The third-order valence-corrected chi connectivity index (χ3v) is 8.07. The van der Waals surface area contributed by atoms with Crippen LogP contribution in [0.25, 0.3) is 27.6 Å². The van der Waals surface area contributed by atoms with Crippen LogP contribution in [0.4, 0.5) is 0 Å². The summed E-state index contributed by atoms with van der Waals surface area (Å²) in [4.78, 5) is 21.4. The van der Waals surface area contributed by atoms with Crippen LogP contribution in [0.3, 0.4) is 0 Å². The van der Waals surface area contributed by atoms with Crippen molar-refractivity contribution in [2.45, 2.75) is 19.9 Å². The van der Waals surface area contributed by atoms with Crippen LogP contribution >= 0.6 is 11.8 Å². The van der Waals surface area contributed by atoms with Crippen LogP contribution < -0.4 is 4.74 Å². The summed E-state index contributed by atoms with van der Waals surface area (Å²) in [5.41, 5.74) is 3.43. The molecule has 0 spiro atoms. The van der Waals surface area contributed by atoms with E-state index in [9.17, 15) is 4.79 Å². The van der Waals surface area contributed by atoms with Gasteiger partial charge in [-0.25, -0.2) is 9.79 Å². The molecule has 2 aliphatic rings. The Morgan fingerprint density at radius 2 is 1.74 bits per heavy atom. The molecule has 0 amide bonds. The number of aliphatic imine (C=N–C) groups is 1. The van der Waals surface area contributed by atoms with Crippen LogP contribution in [0.15, 0.2) is 100 Å². The molecule has 0 radical (unpaired) electrons. The lowest BCUT2D eigenvalue weighted by atomic mass is 9.94. The van der Waals surface area contributed by atoms with Crippen molar-refractivity contribution in [3.05, 3.63) is 106 Å². The molecular weight excluding hydrogens is 492 g/mol. The fraction of sp³-hybridized carbons (Fsp3) is 0.188. The van der Waals surface area contributed by atoms with Crippen LogP contribution in [0, 0.1) is 0 Å². The van der Waals surface area contributed by atoms with Gasteiger partial charge >= 0.3 is 5.97 Å². The molecule has 0 aliphatic carbocycles. The first-order chi connectivity index (χ1) is 18.6. The zero-order valence-corrected chi connectivity index (χ0v) is 22.4. The molecule has 1 saturated heterocycles. The van der Waals surface area contributed by atoms with Crippen LogP contribution in [0.1, 0.15) is 31.0 Å². The van der Waals surface area contributed by atoms with E-state index in [1.54, 1.807) is 18.9 Å². The number of hydrogen-bond acceptors (Lipinski definition) is 6. The Morgan fingerprint density at radius 1 is 1.03 bits per heavy atom. The van der Waals surface area contributed by atoms with Gasteiger partial charge < -0.3 is 14.4 Å². The number of nitrogens with zero attached hydrogens (tertiary/aromatic N) is 2. The molecule has 4 aromatic rings. The van der Waals surface area contributed by atoms with Crippen molar-refractivity contribution >= 4 is 50.5 Å². The molecule has 6 rings (SSSR count). The number of carbonyl (C=O) groups is 1. The number of amidine groups is 1. The fourth-order valence-corrected chi connectivity index (χ4v) is 6.44. The smallest absolute Gasteiger partial charge is 0.338 e. The lowest BCUT2D eigenvalue weighted by Crippen LogP contribution is -2.36. The van der Waals surface area contributed by atoms with E-state index < -0.39 is 0 Å². The predicted molar refractivity (Wildman–Crippen MR) is 156 cm³/mol. The minimum absolute atomic E-state index is 0.311. The van der Waals surface area contributed by atoms with Crippen molar-refractivity contribution in [2.24, 2.45) is 4.99 Å². The SMILES string of the molecule is CCOC(=O)C1=C(C)N=C2SC(=Cc3c4ccccc4cc4ccccc34)CN2C1c1cccc(OC)c1. The summed E-state index contributed by atoms with van der Waals surface area (Å²) >= 11 is 1.67. The second-order valence-electron chi connectivity index (χ2n) is 9.37. The first-order valence-corrected chi connectivity index (χ1v) is 13.5. The number of allylic oxidation sites excluding steroid dienone is 1. The Kier molecular flexibility index (Phi) is 6.42. The monoisotopic (exact) mass is 520 g/mol. The van der Waals surface area contributed by atoms with Crippen LogP contribution in [0.2, 0.25) is 0 Å². The van der Waals surface area contributed by atoms with E-state index in [0.717, 1.165) is 16.5 Å². The van der Waals surface area contributed by atoms with Gasteiger partial charge in [0.1, 0.15) is 5.75 Å². The molecule has 0 aromatic heterocycles. The number of esters is 1. The molecule has 2 heterocycles. The number of rotatable bonds is 5. The van der Waals surface area contributed by atoms with Gasteiger partial charge in [0.25, 0.3) is 0 Å².